The van der Waals surface area contributed by atoms with Crippen LogP contribution in [0.1, 0.15) is 60.2 Å². The van der Waals surface area contributed by atoms with Crippen molar-refractivity contribution in [2.75, 3.05) is 38.2 Å². The monoisotopic (exact) mass is 652 g/mol. The normalized spacial score (nSPS) is 23.5. The molecule has 6 rings (SSSR count). The molecule has 0 saturated carbocycles. The lowest BCUT2D eigenvalue weighted by atomic mass is 9.86. The molecule has 3 aromatic rings. The number of hydrogen-bond acceptors (Lipinski definition) is 8. The molecule has 0 radical (unpaired) electrons. The van der Waals surface area contributed by atoms with Gasteiger partial charge < -0.3 is 18.9 Å². The first-order valence-corrected chi connectivity index (χ1v) is 16.4. The van der Waals surface area contributed by atoms with Crippen LogP contribution in [-0.2, 0) is 27.4 Å². The molecule has 3 fully saturated rings. The van der Waals surface area contributed by atoms with E-state index < -0.39 is 12.3 Å². The Morgan fingerprint density at radius 1 is 1.22 bits per heavy atom. The van der Waals surface area contributed by atoms with Crippen molar-refractivity contribution in [1.29, 1.82) is 5.26 Å². The van der Waals surface area contributed by atoms with Gasteiger partial charge in [-0.05, 0) is 56.5 Å². The van der Waals surface area contributed by atoms with Crippen molar-refractivity contribution in [2.24, 2.45) is 5.41 Å². The first kappa shape index (κ1) is 32.2. The van der Waals surface area contributed by atoms with E-state index >= 15 is 0 Å². The van der Waals surface area contributed by atoms with E-state index in [-0.39, 0.29) is 50.8 Å². The number of imidazole rings is 1. The number of nitrogens with one attached hydrogen (secondary N) is 1. The molecule has 3 aliphatic rings. The van der Waals surface area contributed by atoms with Gasteiger partial charge in [-0.3, -0.25) is 19.8 Å². The lowest BCUT2D eigenvalue weighted by molar-refractivity contribution is -0.128. The van der Waals surface area contributed by atoms with Gasteiger partial charge in [0.15, 0.2) is 0 Å². The van der Waals surface area contributed by atoms with Gasteiger partial charge in [0.1, 0.15) is 11.6 Å². The second-order valence-corrected chi connectivity index (χ2v) is 14.0. The zero-order chi connectivity index (χ0) is 32.6. The predicted octanol–water partition coefficient (Wildman–Crippen LogP) is 5.37. The second kappa shape index (κ2) is 13.2. The van der Waals surface area contributed by atoms with Crippen LogP contribution in [0.2, 0.25) is 0 Å². The van der Waals surface area contributed by atoms with E-state index in [4.69, 9.17) is 14.5 Å². The summed E-state index contributed by atoms with van der Waals surface area (Å²) in [6.45, 7) is 10.2. The highest BCUT2D eigenvalue weighted by molar-refractivity contribution is 7.14. The molecule has 244 valence electrons. The van der Waals surface area contributed by atoms with E-state index in [0.29, 0.717) is 44.8 Å². The SMILES string of the molecule is CC1CN(Cc2ccc3c(c2)nc(NC(=O)c2ccc(C(F)F)s2)n3C[C@H]2CCCN2C(=O)C(C#N)=CC2(C)COC2)CC(C)O1. The van der Waals surface area contributed by atoms with Crippen LogP contribution < -0.4 is 5.32 Å². The smallest absolute Gasteiger partial charge is 0.272 e. The highest BCUT2D eigenvalue weighted by atomic mass is 32.1. The molecule has 10 nitrogen and oxygen atoms in total. The Balaban J connectivity index is 1.29. The molecule has 2 amide bonds. The number of ether oxygens (including phenoxy) is 2. The Kier molecular flexibility index (Phi) is 9.25. The van der Waals surface area contributed by atoms with E-state index in [0.717, 1.165) is 41.9 Å². The summed E-state index contributed by atoms with van der Waals surface area (Å²) in [7, 11) is 0. The number of anilines is 1. The van der Waals surface area contributed by atoms with Crippen LogP contribution in [0.25, 0.3) is 11.0 Å². The molecule has 3 saturated heterocycles. The minimum Gasteiger partial charge on any atom is -0.379 e. The third-order valence-electron chi connectivity index (χ3n) is 8.74. The number of fused-ring (bicyclic) bond motifs is 1. The number of morpholine rings is 1. The number of likely N-dealkylation sites (tertiary alicyclic amines) is 1. The Hall–Kier alpha value is -3.70. The second-order valence-electron chi connectivity index (χ2n) is 12.9. The molecule has 3 atom stereocenters. The molecule has 13 heteroatoms. The van der Waals surface area contributed by atoms with Gasteiger partial charge >= 0.3 is 0 Å². The summed E-state index contributed by atoms with van der Waals surface area (Å²) in [4.78, 5) is 35.7. The Labute approximate surface area is 270 Å². The van der Waals surface area contributed by atoms with Crippen molar-refractivity contribution < 1.29 is 27.8 Å². The third kappa shape index (κ3) is 6.85. The fourth-order valence-electron chi connectivity index (χ4n) is 6.64. The van der Waals surface area contributed by atoms with Crippen molar-refractivity contribution in [3.05, 3.63) is 57.3 Å². The van der Waals surface area contributed by atoms with Crippen LogP contribution >= 0.6 is 11.3 Å². The number of halogens is 2. The van der Waals surface area contributed by atoms with E-state index in [1.165, 1.54) is 12.1 Å². The first-order chi connectivity index (χ1) is 22.0. The minimum atomic E-state index is -2.66. The summed E-state index contributed by atoms with van der Waals surface area (Å²) < 4.78 is 39.5. The number of nitrogens with zero attached hydrogens (tertiary/aromatic N) is 5. The number of carbonyl (C=O) groups excluding carboxylic acids is 2. The van der Waals surface area contributed by atoms with Crippen molar-refractivity contribution in [1.82, 2.24) is 19.4 Å². The molecular formula is C33H38F2N6O4S. The Morgan fingerprint density at radius 2 is 1.98 bits per heavy atom. The first-order valence-electron chi connectivity index (χ1n) is 15.6. The average molecular weight is 653 g/mol. The molecule has 3 aliphatic heterocycles. The molecule has 1 N–H and O–H groups in total. The molecule has 1 aromatic carbocycles. The van der Waals surface area contributed by atoms with E-state index in [9.17, 15) is 23.6 Å². The number of aromatic nitrogens is 2. The van der Waals surface area contributed by atoms with Gasteiger partial charge in [-0.1, -0.05) is 19.1 Å². The molecule has 0 spiro atoms. The summed E-state index contributed by atoms with van der Waals surface area (Å²) in [6.07, 6.45) is 0.815. The molecule has 46 heavy (non-hydrogen) atoms. The highest BCUT2D eigenvalue weighted by Crippen LogP contribution is 2.32. The van der Waals surface area contributed by atoms with Gasteiger partial charge in [-0.15, -0.1) is 11.3 Å². The minimum absolute atomic E-state index is 0.102. The van der Waals surface area contributed by atoms with Crippen LogP contribution in [0.5, 0.6) is 0 Å². The number of alkyl halides is 2. The van der Waals surface area contributed by atoms with Crippen molar-refractivity contribution in [2.45, 2.75) is 71.4 Å². The zero-order valence-electron chi connectivity index (χ0n) is 26.2. The number of hydrogen-bond donors (Lipinski definition) is 1. The number of thiophene rings is 1. The quantitative estimate of drug-likeness (QED) is 0.244. The molecule has 2 aromatic heterocycles. The van der Waals surface area contributed by atoms with Gasteiger partial charge in [-0.25, -0.2) is 13.8 Å². The van der Waals surface area contributed by atoms with Crippen molar-refractivity contribution in [3.63, 3.8) is 0 Å². The number of nitriles is 1. The van der Waals surface area contributed by atoms with E-state index in [1.54, 1.807) is 11.0 Å². The topological polar surface area (TPSA) is 113 Å². The molecule has 0 aliphatic carbocycles. The average Bonchev–Trinajstić information content (AvgIpc) is 3.74. The summed E-state index contributed by atoms with van der Waals surface area (Å²) >= 11 is 0.744. The molecule has 2 unspecified atom stereocenters. The van der Waals surface area contributed by atoms with Gasteiger partial charge in [0.2, 0.25) is 5.95 Å². The third-order valence-corrected chi connectivity index (χ3v) is 9.83. The standard InChI is InChI=1S/C33H38F2N6O4S/c1-20-14-39(15-21(2)45-20)16-22-6-7-26-25(11-22)37-32(38-30(42)28-9-8-27(46-28)29(34)35)41(26)17-24-5-4-10-40(24)31(43)23(13-36)12-33(3)18-44-19-33/h6-9,11-12,20-21,24,29H,4-5,10,14-19H2,1-3H3,(H,37,38,42)/t20?,21?,24-/m1/s1. The van der Waals surface area contributed by atoms with Crippen LogP contribution in [0.15, 0.2) is 42.0 Å². The van der Waals surface area contributed by atoms with Gasteiger partial charge in [-0.2, -0.15) is 5.26 Å². The maximum Gasteiger partial charge on any atom is 0.272 e. The summed E-state index contributed by atoms with van der Waals surface area (Å²) in [5.41, 5.74) is 2.27. The fourth-order valence-corrected chi connectivity index (χ4v) is 7.40. The number of benzene rings is 1. The van der Waals surface area contributed by atoms with Gasteiger partial charge in [0.25, 0.3) is 18.2 Å². The zero-order valence-corrected chi connectivity index (χ0v) is 27.0. The Morgan fingerprint density at radius 3 is 2.63 bits per heavy atom. The van der Waals surface area contributed by atoms with E-state index in [1.807, 2.05) is 29.7 Å². The van der Waals surface area contributed by atoms with Crippen LogP contribution in [0.3, 0.4) is 0 Å². The van der Waals surface area contributed by atoms with Gasteiger partial charge in [0.05, 0.1) is 52.3 Å². The highest BCUT2D eigenvalue weighted by Gasteiger charge is 2.36. The molecular weight excluding hydrogens is 614 g/mol. The Bertz CT molecular complexity index is 1680. The maximum absolute atomic E-state index is 13.6. The lowest BCUT2D eigenvalue weighted by Crippen LogP contribution is -2.44. The van der Waals surface area contributed by atoms with Gasteiger partial charge in [0, 0.05) is 38.1 Å². The molecule has 0 bridgehead atoms. The molecule has 5 heterocycles. The number of amides is 2. The van der Waals surface area contributed by atoms with Crippen LogP contribution in [-0.4, -0.2) is 82.3 Å². The van der Waals surface area contributed by atoms with Crippen molar-refractivity contribution >= 4 is 40.1 Å². The predicted molar refractivity (Wildman–Crippen MR) is 170 cm³/mol. The number of rotatable bonds is 9. The van der Waals surface area contributed by atoms with Crippen molar-refractivity contribution in [3.8, 4) is 6.07 Å². The largest absolute Gasteiger partial charge is 0.379 e. The van der Waals surface area contributed by atoms with Crippen LogP contribution in [0, 0.1) is 16.7 Å². The summed E-state index contributed by atoms with van der Waals surface area (Å²) in [5.74, 6) is -0.579. The maximum atomic E-state index is 13.6. The summed E-state index contributed by atoms with van der Waals surface area (Å²) in [5, 5.41) is 12.7. The lowest BCUT2D eigenvalue weighted by Gasteiger charge is -2.35. The summed E-state index contributed by atoms with van der Waals surface area (Å²) in [6, 6.07) is 10.5. The van der Waals surface area contributed by atoms with Crippen LogP contribution in [0.4, 0.5) is 14.7 Å². The number of carbonyl (C=O) groups is 2. The fraction of sp³-hybridized carbons (Fsp3) is 0.515. The van der Waals surface area contributed by atoms with E-state index in [2.05, 4.69) is 30.1 Å².